The first-order valence-electron chi connectivity index (χ1n) is 4.49. The molecular formula is C7H11N5O3. The van der Waals surface area contributed by atoms with Gasteiger partial charge in [-0.15, -0.1) is 0 Å². The summed E-state index contributed by atoms with van der Waals surface area (Å²) in [5.41, 5.74) is 0. The van der Waals surface area contributed by atoms with Gasteiger partial charge >= 0.3 is 5.97 Å². The Morgan fingerprint density at radius 1 is 1.60 bits per heavy atom. The molecule has 15 heavy (non-hydrogen) atoms. The first kappa shape index (κ1) is 9.84. The molecule has 1 aromatic heterocycles. The molecule has 1 aliphatic heterocycles. The fraction of sp³-hybridized carbons (Fsp3) is 0.714. The minimum atomic E-state index is -0.977. The van der Waals surface area contributed by atoms with Crippen LogP contribution in [0, 0.1) is 0 Å². The molecule has 0 amide bonds. The van der Waals surface area contributed by atoms with Gasteiger partial charge in [0.1, 0.15) is 6.04 Å². The number of aryl methyl sites for hydroxylation is 1. The number of aromatic nitrogens is 4. The molecule has 2 N–H and O–H groups in total. The monoisotopic (exact) mass is 213 g/mol. The van der Waals surface area contributed by atoms with E-state index < -0.39 is 18.1 Å². The lowest BCUT2D eigenvalue weighted by Crippen LogP contribution is -2.37. The smallest absolute Gasteiger partial charge is 0.326 e. The molecule has 0 bridgehead atoms. The number of hydrogen-bond donors (Lipinski definition) is 2. The van der Waals surface area contributed by atoms with Gasteiger partial charge in [-0.1, -0.05) is 5.10 Å². The van der Waals surface area contributed by atoms with Crippen LogP contribution in [0.3, 0.4) is 0 Å². The number of carbonyl (C=O) groups is 1. The second-order valence-corrected chi connectivity index (χ2v) is 3.50. The van der Waals surface area contributed by atoms with E-state index >= 15 is 0 Å². The van der Waals surface area contributed by atoms with Gasteiger partial charge in [-0.2, -0.15) is 0 Å². The number of aliphatic hydroxyl groups excluding tert-OH is 1. The topological polar surface area (TPSA) is 104 Å². The van der Waals surface area contributed by atoms with Crippen molar-refractivity contribution >= 4 is 11.9 Å². The van der Waals surface area contributed by atoms with Gasteiger partial charge in [-0.25, -0.2) is 9.48 Å². The Bertz CT molecular complexity index is 378. The maximum atomic E-state index is 10.9. The van der Waals surface area contributed by atoms with Gasteiger partial charge in [0, 0.05) is 20.0 Å². The molecule has 0 aliphatic carbocycles. The summed E-state index contributed by atoms with van der Waals surface area (Å²) >= 11 is 0. The van der Waals surface area contributed by atoms with E-state index in [-0.39, 0.29) is 13.0 Å². The van der Waals surface area contributed by atoms with Crippen molar-refractivity contribution in [2.45, 2.75) is 18.6 Å². The SMILES string of the molecule is Cn1nnnc1N1C[C@H](O)C[C@H]1C(=O)O. The highest BCUT2D eigenvalue weighted by atomic mass is 16.4. The molecule has 2 atom stereocenters. The molecule has 0 radical (unpaired) electrons. The van der Waals surface area contributed by atoms with E-state index in [0.717, 1.165) is 0 Å². The lowest BCUT2D eigenvalue weighted by molar-refractivity contribution is -0.138. The Hall–Kier alpha value is -1.70. The van der Waals surface area contributed by atoms with Crippen molar-refractivity contribution in [3.8, 4) is 0 Å². The van der Waals surface area contributed by atoms with E-state index in [1.165, 1.54) is 9.58 Å². The molecule has 0 unspecified atom stereocenters. The summed E-state index contributed by atoms with van der Waals surface area (Å²) < 4.78 is 1.38. The number of β-amino-alcohol motifs (C(OH)–C–C–N with tert-alkyl or cyclic N) is 1. The van der Waals surface area contributed by atoms with E-state index in [2.05, 4.69) is 15.5 Å². The van der Waals surface area contributed by atoms with Crippen LogP contribution in [0.2, 0.25) is 0 Å². The maximum absolute atomic E-state index is 10.9. The molecule has 0 aromatic carbocycles. The molecular weight excluding hydrogens is 202 g/mol. The van der Waals surface area contributed by atoms with Crippen molar-refractivity contribution in [3.05, 3.63) is 0 Å². The van der Waals surface area contributed by atoms with Crippen LogP contribution in [-0.4, -0.2) is 55.1 Å². The molecule has 1 aliphatic rings. The van der Waals surface area contributed by atoms with Gasteiger partial charge in [0.05, 0.1) is 6.10 Å². The minimum Gasteiger partial charge on any atom is -0.480 e. The second kappa shape index (κ2) is 3.46. The van der Waals surface area contributed by atoms with Crippen LogP contribution in [0.5, 0.6) is 0 Å². The molecule has 1 fully saturated rings. The number of aliphatic hydroxyl groups is 1. The summed E-state index contributed by atoms with van der Waals surface area (Å²) in [5.74, 6) is -0.617. The minimum absolute atomic E-state index is 0.197. The van der Waals surface area contributed by atoms with Crippen molar-refractivity contribution in [1.29, 1.82) is 0 Å². The Morgan fingerprint density at radius 3 is 2.87 bits per heavy atom. The normalized spacial score (nSPS) is 25.9. The summed E-state index contributed by atoms with van der Waals surface area (Å²) in [6.45, 7) is 0.241. The number of nitrogens with zero attached hydrogens (tertiary/aromatic N) is 5. The van der Waals surface area contributed by atoms with E-state index in [4.69, 9.17) is 5.11 Å². The summed E-state index contributed by atoms with van der Waals surface area (Å²) in [4.78, 5) is 12.4. The van der Waals surface area contributed by atoms with Gasteiger partial charge < -0.3 is 15.1 Å². The van der Waals surface area contributed by atoms with Crippen LogP contribution < -0.4 is 4.90 Å². The van der Waals surface area contributed by atoms with E-state index in [0.29, 0.717) is 5.95 Å². The number of carboxylic acids is 1. The molecule has 8 nitrogen and oxygen atoms in total. The quantitative estimate of drug-likeness (QED) is 0.599. The zero-order chi connectivity index (χ0) is 11.0. The predicted molar refractivity (Wildman–Crippen MR) is 48.2 cm³/mol. The molecule has 0 spiro atoms. The third-order valence-electron chi connectivity index (χ3n) is 2.42. The van der Waals surface area contributed by atoms with E-state index in [9.17, 15) is 9.90 Å². The average molecular weight is 213 g/mol. The molecule has 8 heteroatoms. The predicted octanol–water partition coefficient (Wildman–Crippen LogP) is -1.77. The lowest BCUT2D eigenvalue weighted by atomic mass is 10.2. The third-order valence-corrected chi connectivity index (χ3v) is 2.42. The average Bonchev–Trinajstić information content (AvgIpc) is 2.71. The van der Waals surface area contributed by atoms with Gasteiger partial charge in [0.15, 0.2) is 0 Å². The Kier molecular flexibility index (Phi) is 2.27. The summed E-state index contributed by atoms with van der Waals surface area (Å²) in [6.07, 6.45) is -0.454. The molecule has 0 saturated carbocycles. The molecule has 1 aromatic rings. The largest absolute Gasteiger partial charge is 0.480 e. The van der Waals surface area contributed by atoms with Gasteiger partial charge in [0.25, 0.3) is 0 Å². The number of rotatable bonds is 2. The highest BCUT2D eigenvalue weighted by molar-refractivity contribution is 5.78. The number of anilines is 1. The van der Waals surface area contributed by atoms with Crippen molar-refractivity contribution in [3.63, 3.8) is 0 Å². The highest BCUT2D eigenvalue weighted by Gasteiger charge is 2.38. The number of carboxylic acid groups (broad SMARTS) is 1. The standard InChI is InChI=1S/C7H11N5O3/c1-11-7(8-9-10-11)12-3-4(13)2-5(12)6(14)15/h4-5,13H,2-3H2,1H3,(H,14,15)/t4-,5+/m1/s1. The van der Waals surface area contributed by atoms with Crippen LogP contribution in [0.15, 0.2) is 0 Å². The highest BCUT2D eigenvalue weighted by Crippen LogP contribution is 2.22. The Labute approximate surface area is 85.1 Å². The number of tetrazole rings is 1. The van der Waals surface area contributed by atoms with Crippen molar-refractivity contribution in [1.82, 2.24) is 20.2 Å². The van der Waals surface area contributed by atoms with Crippen LogP contribution >= 0.6 is 0 Å². The van der Waals surface area contributed by atoms with Crippen LogP contribution in [0.4, 0.5) is 5.95 Å². The Balaban J connectivity index is 2.28. The number of aliphatic carboxylic acids is 1. The molecule has 2 heterocycles. The Morgan fingerprint density at radius 2 is 2.33 bits per heavy atom. The second-order valence-electron chi connectivity index (χ2n) is 3.50. The zero-order valence-corrected chi connectivity index (χ0v) is 8.11. The fourth-order valence-electron chi connectivity index (χ4n) is 1.74. The van der Waals surface area contributed by atoms with Crippen molar-refractivity contribution in [2.24, 2.45) is 7.05 Å². The molecule has 1 saturated heterocycles. The van der Waals surface area contributed by atoms with Gasteiger partial charge in [-0.3, -0.25) is 0 Å². The molecule has 2 rings (SSSR count). The fourth-order valence-corrected chi connectivity index (χ4v) is 1.74. The van der Waals surface area contributed by atoms with Gasteiger partial charge in [0.2, 0.25) is 5.95 Å². The maximum Gasteiger partial charge on any atom is 0.326 e. The van der Waals surface area contributed by atoms with Crippen LogP contribution in [-0.2, 0) is 11.8 Å². The van der Waals surface area contributed by atoms with Crippen molar-refractivity contribution < 1.29 is 15.0 Å². The van der Waals surface area contributed by atoms with Crippen LogP contribution in [0.1, 0.15) is 6.42 Å². The molecule has 82 valence electrons. The first-order chi connectivity index (χ1) is 7.09. The lowest BCUT2D eigenvalue weighted by Gasteiger charge is -2.20. The first-order valence-corrected chi connectivity index (χ1v) is 4.49. The van der Waals surface area contributed by atoms with Crippen molar-refractivity contribution in [2.75, 3.05) is 11.4 Å². The number of hydrogen-bond acceptors (Lipinski definition) is 6. The van der Waals surface area contributed by atoms with E-state index in [1.54, 1.807) is 7.05 Å². The zero-order valence-electron chi connectivity index (χ0n) is 8.11. The van der Waals surface area contributed by atoms with E-state index in [1.807, 2.05) is 0 Å². The summed E-state index contributed by atoms with van der Waals surface area (Å²) in [7, 11) is 1.62. The van der Waals surface area contributed by atoms with Gasteiger partial charge in [-0.05, 0) is 10.4 Å². The summed E-state index contributed by atoms with van der Waals surface area (Å²) in [5, 5.41) is 29.2. The third kappa shape index (κ3) is 1.63. The van der Waals surface area contributed by atoms with Crippen LogP contribution in [0.25, 0.3) is 0 Å². The summed E-state index contributed by atoms with van der Waals surface area (Å²) in [6, 6.07) is -0.760.